The minimum absolute atomic E-state index is 0.0518. The lowest BCUT2D eigenvalue weighted by Crippen LogP contribution is -2.53. The van der Waals surface area contributed by atoms with Gasteiger partial charge in [-0.15, -0.1) is 0 Å². The highest BCUT2D eigenvalue weighted by Crippen LogP contribution is 2.33. The Morgan fingerprint density at radius 2 is 2.07 bits per heavy atom. The maximum absolute atomic E-state index is 12.9. The second kappa shape index (κ2) is 7.36. The summed E-state index contributed by atoms with van der Waals surface area (Å²) in [6.07, 6.45) is 1.81. The van der Waals surface area contributed by atoms with E-state index in [9.17, 15) is 14.4 Å². The summed E-state index contributed by atoms with van der Waals surface area (Å²) in [6, 6.07) is 3.38. The van der Waals surface area contributed by atoms with E-state index in [4.69, 9.17) is 0 Å². The van der Waals surface area contributed by atoms with Crippen LogP contribution < -0.4 is 16.0 Å². The molecule has 1 aromatic carbocycles. The lowest BCUT2D eigenvalue weighted by molar-refractivity contribution is -0.136. The van der Waals surface area contributed by atoms with Crippen LogP contribution in [0.1, 0.15) is 35.2 Å². The zero-order valence-electron chi connectivity index (χ0n) is 15.0. The van der Waals surface area contributed by atoms with Crippen LogP contribution in [-0.4, -0.2) is 60.0 Å². The number of nitrogens with zero attached hydrogens (tertiary/aromatic N) is 2. The van der Waals surface area contributed by atoms with Gasteiger partial charge in [-0.1, -0.05) is 0 Å². The Hall–Kier alpha value is -1.72. The van der Waals surface area contributed by atoms with Gasteiger partial charge in [-0.05, 0) is 66.7 Å². The molecule has 0 saturated carbocycles. The van der Waals surface area contributed by atoms with Gasteiger partial charge in [-0.2, -0.15) is 0 Å². The zero-order valence-corrected chi connectivity index (χ0v) is 17.2. The highest BCUT2D eigenvalue weighted by Gasteiger charge is 2.40. The Bertz CT molecular complexity index is 814. The molecule has 2 fully saturated rings. The average Bonchev–Trinajstić information content (AvgIpc) is 2.94. The molecule has 0 spiro atoms. The van der Waals surface area contributed by atoms with E-state index in [0.717, 1.165) is 34.3 Å². The largest absolute Gasteiger partial charge is 0.357 e. The third-order valence-corrected chi connectivity index (χ3v) is 6.19. The quantitative estimate of drug-likeness (QED) is 0.433. The smallest absolute Gasteiger partial charge is 0.256 e. The first-order chi connectivity index (χ1) is 12.9. The SMILES string of the molecule is CN1CCCNC1Nc1cc(I)c2c(c1)CN(C1CCC(=O)NC1=O)C2=O. The molecule has 3 heterocycles. The fourth-order valence-electron chi connectivity index (χ4n) is 3.91. The molecule has 8 nitrogen and oxygen atoms in total. The van der Waals surface area contributed by atoms with E-state index in [1.54, 1.807) is 4.90 Å². The predicted octanol–water partition coefficient (Wildman–Crippen LogP) is 0.673. The molecule has 0 bridgehead atoms. The highest BCUT2D eigenvalue weighted by atomic mass is 127. The van der Waals surface area contributed by atoms with Crippen LogP contribution in [0.5, 0.6) is 0 Å². The molecule has 4 rings (SSSR count). The van der Waals surface area contributed by atoms with Crippen LogP contribution >= 0.6 is 22.6 Å². The van der Waals surface area contributed by atoms with Crippen molar-refractivity contribution in [3.05, 3.63) is 26.8 Å². The second-order valence-corrected chi connectivity index (χ2v) is 8.39. The molecule has 3 aliphatic rings. The lowest BCUT2D eigenvalue weighted by Gasteiger charge is -2.34. The Morgan fingerprint density at radius 3 is 2.81 bits per heavy atom. The second-order valence-electron chi connectivity index (χ2n) is 7.23. The van der Waals surface area contributed by atoms with Crippen molar-refractivity contribution in [1.82, 2.24) is 20.4 Å². The summed E-state index contributed by atoms with van der Waals surface area (Å²) >= 11 is 2.18. The number of halogens is 1. The van der Waals surface area contributed by atoms with Crippen LogP contribution in [0.3, 0.4) is 0 Å². The summed E-state index contributed by atoms with van der Waals surface area (Å²) in [5.74, 6) is -0.789. The summed E-state index contributed by atoms with van der Waals surface area (Å²) in [6.45, 7) is 2.38. The van der Waals surface area contributed by atoms with Gasteiger partial charge in [0.25, 0.3) is 5.91 Å². The number of carbonyl (C=O) groups excluding carboxylic acids is 3. The van der Waals surface area contributed by atoms with E-state index < -0.39 is 6.04 Å². The summed E-state index contributed by atoms with van der Waals surface area (Å²) in [7, 11) is 2.07. The number of fused-ring (bicyclic) bond motifs is 1. The van der Waals surface area contributed by atoms with E-state index in [1.807, 2.05) is 12.1 Å². The van der Waals surface area contributed by atoms with Gasteiger partial charge in [0.05, 0.1) is 5.56 Å². The normalized spacial score (nSPS) is 26.1. The molecule has 2 saturated heterocycles. The molecule has 9 heteroatoms. The first-order valence-corrected chi connectivity index (χ1v) is 10.2. The molecule has 0 radical (unpaired) electrons. The van der Waals surface area contributed by atoms with Crippen molar-refractivity contribution in [3.63, 3.8) is 0 Å². The van der Waals surface area contributed by atoms with Gasteiger partial charge < -0.3 is 10.2 Å². The van der Waals surface area contributed by atoms with Gasteiger partial charge in [-0.25, -0.2) is 0 Å². The van der Waals surface area contributed by atoms with Gasteiger partial charge in [0.2, 0.25) is 11.8 Å². The fourth-order valence-corrected chi connectivity index (χ4v) is 4.83. The molecule has 2 atom stereocenters. The minimum Gasteiger partial charge on any atom is -0.357 e. The molecule has 3 amide bonds. The number of benzene rings is 1. The van der Waals surface area contributed by atoms with E-state index in [2.05, 4.69) is 50.5 Å². The first kappa shape index (κ1) is 18.6. The van der Waals surface area contributed by atoms with Gasteiger partial charge in [0, 0.05) is 28.8 Å². The molecule has 3 N–H and O–H groups in total. The Labute approximate surface area is 171 Å². The number of imide groups is 1. The molecule has 144 valence electrons. The number of piperidine rings is 1. The van der Waals surface area contributed by atoms with Crippen LogP contribution in [-0.2, 0) is 16.1 Å². The summed E-state index contributed by atoms with van der Waals surface area (Å²) in [4.78, 5) is 40.3. The molecule has 1 aromatic rings. The van der Waals surface area contributed by atoms with Crippen molar-refractivity contribution in [2.75, 3.05) is 25.5 Å². The number of hydrogen-bond donors (Lipinski definition) is 3. The summed E-state index contributed by atoms with van der Waals surface area (Å²) < 4.78 is 0.867. The number of anilines is 1. The van der Waals surface area contributed by atoms with E-state index >= 15 is 0 Å². The maximum Gasteiger partial charge on any atom is 0.256 e. The number of amides is 3. The van der Waals surface area contributed by atoms with E-state index in [1.165, 1.54) is 0 Å². The molecular weight excluding hydrogens is 461 g/mol. The highest BCUT2D eigenvalue weighted by molar-refractivity contribution is 14.1. The van der Waals surface area contributed by atoms with Crippen LogP contribution in [0.15, 0.2) is 12.1 Å². The average molecular weight is 483 g/mol. The zero-order chi connectivity index (χ0) is 19.1. The van der Waals surface area contributed by atoms with Crippen LogP contribution in [0.4, 0.5) is 5.69 Å². The van der Waals surface area contributed by atoms with Gasteiger partial charge in [0.1, 0.15) is 12.3 Å². The Morgan fingerprint density at radius 1 is 1.26 bits per heavy atom. The Kier molecular flexibility index (Phi) is 5.08. The molecule has 0 aromatic heterocycles. The number of nitrogens with one attached hydrogen (secondary N) is 3. The van der Waals surface area contributed by atoms with Crippen LogP contribution in [0, 0.1) is 3.57 Å². The lowest BCUT2D eigenvalue weighted by atomic mass is 10.0. The van der Waals surface area contributed by atoms with Crippen molar-refractivity contribution < 1.29 is 14.4 Å². The van der Waals surface area contributed by atoms with E-state index in [-0.39, 0.29) is 30.4 Å². The number of carbonyl (C=O) groups is 3. The molecular formula is C18H22IN5O3. The van der Waals surface area contributed by atoms with Crippen molar-refractivity contribution >= 4 is 46.0 Å². The number of rotatable bonds is 3. The Balaban J connectivity index is 1.55. The van der Waals surface area contributed by atoms with Crippen molar-refractivity contribution in [2.24, 2.45) is 0 Å². The van der Waals surface area contributed by atoms with Crippen LogP contribution in [0.25, 0.3) is 0 Å². The van der Waals surface area contributed by atoms with E-state index in [0.29, 0.717) is 18.5 Å². The standard InChI is InChI=1S/C18H22IN5O3/c1-23-6-2-5-20-18(23)21-11-7-10-9-24(17(27)15(10)12(19)8-11)13-3-4-14(25)22-16(13)26/h7-8,13,18,20-21H,2-6,9H2,1H3,(H,22,25,26). The monoisotopic (exact) mass is 483 g/mol. The molecule has 3 aliphatic heterocycles. The topological polar surface area (TPSA) is 93.8 Å². The molecule has 2 unspecified atom stereocenters. The first-order valence-electron chi connectivity index (χ1n) is 9.11. The fraction of sp³-hybridized carbons (Fsp3) is 0.500. The molecule has 0 aliphatic carbocycles. The van der Waals surface area contributed by atoms with Crippen molar-refractivity contribution in [2.45, 2.75) is 38.1 Å². The molecule has 27 heavy (non-hydrogen) atoms. The maximum atomic E-state index is 12.9. The predicted molar refractivity (Wildman–Crippen MR) is 108 cm³/mol. The number of hydrogen-bond acceptors (Lipinski definition) is 6. The summed E-state index contributed by atoms with van der Waals surface area (Å²) in [5, 5.41) is 9.25. The summed E-state index contributed by atoms with van der Waals surface area (Å²) in [5.41, 5.74) is 2.52. The minimum atomic E-state index is -0.582. The van der Waals surface area contributed by atoms with Gasteiger partial charge >= 0.3 is 0 Å². The van der Waals surface area contributed by atoms with Crippen molar-refractivity contribution in [1.29, 1.82) is 0 Å². The van der Waals surface area contributed by atoms with Gasteiger partial charge in [0.15, 0.2) is 0 Å². The third kappa shape index (κ3) is 3.55. The van der Waals surface area contributed by atoms with Crippen molar-refractivity contribution in [3.8, 4) is 0 Å². The van der Waals surface area contributed by atoms with Gasteiger partial charge in [-0.3, -0.25) is 29.9 Å². The van der Waals surface area contributed by atoms with Crippen LogP contribution in [0.2, 0.25) is 0 Å². The third-order valence-electron chi connectivity index (χ3n) is 5.34.